The lowest BCUT2D eigenvalue weighted by atomic mass is 10.2. The highest BCUT2D eigenvalue weighted by Crippen LogP contribution is 2.18. The molecule has 5 heteroatoms. The summed E-state index contributed by atoms with van der Waals surface area (Å²) in [6.07, 6.45) is 5.20. The van der Waals surface area contributed by atoms with E-state index in [1.54, 1.807) is 17.8 Å². The molecular formula is C14H14N2O2S. The molecule has 1 aliphatic heterocycles. The zero-order chi connectivity index (χ0) is 13.8. The maximum atomic E-state index is 12.0. The van der Waals surface area contributed by atoms with E-state index in [1.807, 2.05) is 30.5 Å². The molecule has 19 heavy (non-hydrogen) atoms. The molecule has 0 aliphatic carbocycles. The number of imide groups is 1. The molecule has 0 spiro atoms. The average Bonchev–Trinajstić information content (AvgIpc) is 2.68. The number of urea groups is 1. The first-order valence-electron chi connectivity index (χ1n) is 5.75. The van der Waals surface area contributed by atoms with Gasteiger partial charge in [0.1, 0.15) is 5.70 Å². The highest BCUT2D eigenvalue weighted by molar-refractivity contribution is 7.98. The quantitative estimate of drug-likeness (QED) is 0.397. The Morgan fingerprint density at radius 3 is 2.58 bits per heavy atom. The van der Waals surface area contributed by atoms with Crippen molar-refractivity contribution in [3.8, 4) is 0 Å². The predicted molar refractivity (Wildman–Crippen MR) is 76.6 cm³/mol. The lowest BCUT2D eigenvalue weighted by molar-refractivity contribution is -0.122. The predicted octanol–water partition coefficient (Wildman–Crippen LogP) is 2.49. The summed E-state index contributed by atoms with van der Waals surface area (Å²) in [6.45, 7) is 3.74. The topological polar surface area (TPSA) is 49.4 Å². The minimum Gasteiger partial charge on any atom is -0.303 e. The van der Waals surface area contributed by atoms with Crippen LogP contribution in [-0.2, 0) is 4.79 Å². The summed E-state index contributed by atoms with van der Waals surface area (Å²) in [4.78, 5) is 25.8. The van der Waals surface area contributed by atoms with Crippen molar-refractivity contribution in [1.82, 2.24) is 10.2 Å². The van der Waals surface area contributed by atoms with Crippen molar-refractivity contribution in [3.63, 3.8) is 0 Å². The van der Waals surface area contributed by atoms with E-state index >= 15 is 0 Å². The van der Waals surface area contributed by atoms with Crippen LogP contribution in [0.5, 0.6) is 0 Å². The summed E-state index contributed by atoms with van der Waals surface area (Å²) in [5.41, 5.74) is 1.17. The summed E-state index contributed by atoms with van der Waals surface area (Å²) in [5, 5.41) is 2.56. The number of thioether (sulfide) groups is 1. The summed E-state index contributed by atoms with van der Waals surface area (Å²) in [5.74, 6) is -0.321. The minimum absolute atomic E-state index is 0.216. The molecule has 0 atom stereocenters. The van der Waals surface area contributed by atoms with Gasteiger partial charge in [0.2, 0.25) is 0 Å². The van der Waals surface area contributed by atoms with Crippen LogP contribution >= 0.6 is 11.8 Å². The molecule has 1 heterocycles. The first-order valence-corrected chi connectivity index (χ1v) is 6.97. The number of carbonyl (C=O) groups excluding carboxylic acids is 2. The van der Waals surface area contributed by atoms with E-state index in [-0.39, 0.29) is 12.5 Å². The number of amides is 3. The van der Waals surface area contributed by atoms with Gasteiger partial charge in [0.15, 0.2) is 0 Å². The molecule has 0 unspecified atom stereocenters. The Bertz CT molecular complexity index is 549. The second-order valence-electron chi connectivity index (χ2n) is 3.97. The van der Waals surface area contributed by atoms with Gasteiger partial charge in [0.05, 0.1) is 0 Å². The smallest absolute Gasteiger partial charge is 0.303 e. The number of nitrogens with one attached hydrogen (secondary N) is 1. The first kappa shape index (κ1) is 13.4. The number of hydrogen-bond acceptors (Lipinski definition) is 3. The molecule has 1 fully saturated rings. The molecule has 2 rings (SSSR count). The van der Waals surface area contributed by atoms with Gasteiger partial charge in [-0.05, 0) is 30.0 Å². The van der Waals surface area contributed by atoms with Gasteiger partial charge in [-0.2, -0.15) is 0 Å². The Labute approximate surface area is 116 Å². The van der Waals surface area contributed by atoms with Crippen LogP contribution in [0.2, 0.25) is 0 Å². The molecule has 98 valence electrons. The molecule has 4 nitrogen and oxygen atoms in total. The van der Waals surface area contributed by atoms with Crippen molar-refractivity contribution in [2.75, 3.05) is 12.8 Å². The van der Waals surface area contributed by atoms with Crippen LogP contribution in [0.15, 0.2) is 47.5 Å². The Morgan fingerprint density at radius 2 is 2.00 bits per heavy atom. The fourth-order valence-corrected chi connectivity index (χ4v) is 2.14. The van der Waals surface area contributed by atoms with Crippen molar-refractivity contribution >= 4 is 29.8 Å². The van der Waals surface area contributed by atoms with Crippen LogP contribution in [0.3, 0.4) is 0 Å². The standard InChI is InChI=1S/C14H14N2O2S/c1-3-8-16-13(17)12(15-14(16)18)9-10-4-6-11(19-2)7-5-10/h3-7,9H,1,8H2,2H3,(H,15,18)/b12-9+. The van der Waals surface area contributed by atoms with Crippen LogP contribution in [-0.4, -0.2) is 29.6 Å². The molecule has 0 bridgehead atoms. The SMILES string of the molecule is C=CCN1C(=O)N/C(=C/c2ccc(SC)cc2)C1=O. The Morgan fingerprint density at radius 1 is 1.32 bits per heavy atom. The molecule has 1 aromatic rings. The normalized spacial score (nSPS) is 16.9. The molecule has 1 aliphatic rings. The number of benzene rings is 1. The minimum atomic E-state index is -0.406. The monoisotopic (exact) mass is 274 g/mol. The number of rotatable bonds is 4. The molecule has 3 amide bonds. The maximum absolute atomic E-state index is 12.0. The fraction of sp³-hybridized carbons (Fsp3) is 0.143. The third kappa shape index (κ3) is 2.88. The number of carbonyl (C=O) groups is 2. The summed E-state index contributed by atoms with van der Waals surface area (Å²) in [6, 6.07) is 7.36. The largest absolute Gasteiger partial charge is 0.329 e. The van der Waals surface area contributed by atoms with E-state index < -0.39 is 6.03 Å². The van der Waals surface area contributed by atoms with Crippen molar-refractivity contribution in [2.24, 2.45) is 0 Å². The van der Waals surface area contributed by atoms with E-state index in [1.165, 1.54) is 6.08 Å². The van der Waals surface area contributed by atoms with E-state index in [4.69, 9.17) is 0 Å². The van der Waals surface area contributed by atoms with E-state index in [2.05, 4.69) is 11.9 Å². The van der Waals surface area contributed by atoms with Crippen molar-refractivity contribution < 1.29 is 9.59 Å². The second kappa shape index (κ2) is 5.75. The van der Waals surface area contributed by atoms with Crippen LogP contribution in [0.1, 0.15) is 5.56 Å². The van der Waals surface area contributed by atoms with Crippen LogP contribution < -0.4 is 5.32 Å². The van der Waals surface area contributed by atoms with Gasteiger partial charge in [0.25, 0.3) is 5.91 Å². The van der Waals surface area contributed by atoms with Gasteiger partial charge in [-0.1, -0.05) is 18.2 Å². The number of hydrogen-bond donors (Lipinski definition) is 1. The molecule has 1 aromatic carbocycles. The lowest BCUT2D eigenvalue weighted by Crippen LogP contribution is -2.30. The van der Waals surface area contributed by atoms with Crippen molar-refractivity contribution in [2.45, 2.75) is 4.90 Å². The molecule has 0 radical (unpaired) electrons. The third-order valence-corrected chi connectivity index (χ3v) is 3.44. The molecule has 0 aromatic heterocycles. The fourth-order valence-electron chi connectivity index (χ4n) is 1.73. The van der Waals surface area contributed by atoms with Crippen LogP contribution in [0, 0.1) is 0 Å². The highest BCUT2D eigenvalue weighted by atomic mass is 32.2. The average molecular weight is 274 g/mol. The third-order valence-electron chi connectivity index (χ3n) is 2.70. The Balaban J connectivity index is 2.21. The van der Waals surface area contributed by atoms with Gasteiger partial charge >= 0.3 is 6.03 Å². The van der Waals surface area contributed by atoms with Gasteiger partial charge in [-0.15, -0.1) is 18.3 Å². The molecular weight excluding hydrogens is 260 g/mol. The number of nitrogens with zero attached hydrogens (tertiary/aromatic N) is 1. The summed E-state index contributed by atoms with van der Waals surface area (Å²) in [7, 11) is 0. The van der Waals surface area contributed by atoms with Crippen molar-refractivity contribution in [1.29, 1.82) is 0 Å². The lowest BCUT2D eigenvalue weighted by Gasteiger charge is -2.06. The van der Waals surface area contributed by atoms with Gasteiger partial charge in [-0.3, -0.25) is 9.69 Å². The van der Waals surface area contributed by atoms with Gasteiger partial charge < -0.3 is 5.32 Å². The summed E-state index contributed by atoms with van der Waals surface area (Å²) < 4.78 is 0. The van der Waals surface area contributed by atoms with Gasteiger partial charge in [-0.25, -0.2) is 4.79 Å². The Kier molecular flexibility index (Phi) is 4.06. The molecule has 1 N–H and O–H groups in total. The summed E-state index contributed by atoms with van der Waals surface area (Å²) >= 11 is 1.65. The maximum Gasteiger partial charge on any atom is 0.329 e. The molecule has 0 saturated carbocycles. The molecule has 1 saturated heterocycles. The van der Waals surface area contributed by atoms with Gasteiger partial charge in [0, 0.05) is 11.4 Å². The van der Waals surface area contributed by atoms with Crippen molar-refractivity contribution in [3.05, 3.63) is 48.2 Å². The van der Waals surface area contributed by atoms with Crippen LogP contribution in [0.25, 0.3) is 6.08 Å². The first-order chi connectivity index (χ1) is 9.15. The highest BCUT2D eigenvalue weighted by Gasteiger charge is 2.32. The van der Waals surface area contributed by atoms with Crippen LogP contribution in [0.4, 0.5) is 4.79 Å². The second-order valence-corrected chi connectivity index (χ2v) is 4.85. The zero-order valence-electron chi connectivity index (χ0n) is 10.6. The van der Waals surface area contributed by atoms with E-state index in [9.17, 15) is 9.59 Å². The van der Waals surface area contributed by atoms with E-state index in [0.717, 1.165) is 15.4 Å². The van der Waals surface area contributed by atoms with E-state index in [0.29, 0.717) is 5.70 Å². The Hall–Kier alpha value is -2.01. The zero-order valence-corrected chi connectivity index (χ0v) is 11.4.